The van der Waals surface area contributed by atoms with E-state index in [0.29, 0.717) is 6.42 Å². The van der Waals surface area contributed by atoms with E-state index in [-0.39, 0.29) is 55.8 Å². The van der Waals surface area contributed by atoms with Gasteiger partial charge in [-0.1, -0.05) is 85.2 Å². The van der Waals surface area contributed by atoms with Gasteiger partial charge in [0.25, 0.3) is 0 Å². The molecule has 14 nitrogen and oxygen atoms in total. The van der Waals surface area contributed by atoms with Crippen LogP contribution < -0.4 is 26.6 Å². The van der Waals surface area contributed by atoms with Gasteiger partial charge < -0.3 is 40.9 Å². The number of alkyl carbamates (subject to hydrolysis) is 1. The van der Waals surface area contributed by atoms with Crippen LogP contribution in [0.15, 0.2) is 30.3 Å². The second kappa shape index (κ2) is 22.3. The number of ketones is 1. The molecule has 5 N–H and O–H groups in total. The molecule has 1 aromatic carbocycles. The molecule has 0 fully saturated rings. The highest BCUT2D eigenvalue weighted by Gasteiger charge is 2.34. The van der Waals surface area contributed by atoms with Crippen molar-refractivity contribution in [2.75, 3.05) is 7.11 Å². The Labute approximate surface area is 295 Å². The van der Waals surface area contributed by atoms with Crippen molar-refractivity contribution in [3.05, 3.63) is 35.9 Å². The van der Waals surface area contributed by atoms with Crippen LogP contribution in [0.25, 0.3) is 0 Å². The highest BCUT2D eigenvalue weighted by Crippen LogP contribution is 2.12. The molecule has 0 heterocycles. The molecule has 50 heavy (non-hydrogen) atoms. The lowest BCUT2D eigenvalue weighted by molar-refractivity contribution is -0.147. The van der Waals surface area contributed by atoms with Crippen molar-refractivity contribution in [2.45, 2.75) is 124 Å². The van der Waals surface area contributed by atoms with Gasteiger partial charge in [-0.05, 0) is 49.5 Å². The fraction of sp³-hybridized carbons (Fsp3) is 0.639. The highest BCUT2D eigenvalue weighted by molar-refractivity contribution is 5.96. The first kappa shape index (κ1) is 43.5. The van der Waals surface area contributed by atoms with Crippen molar-refractivity contribution >= 4 is 41.5 Å². The van der Waals surface area contributed by atoms with E-state index < -0.39 is 65.9 Å². The third-order valence-corrected chi connectivity index (χ3v) is 8.20. The first-order valence-electron chi connectivity index (χ1n) is 17.3. The minimum absolute atomic E-state index is 0.00543. The van der Waals surface area contributed by atoms with Gasteiger partial charge in [-0.2, -0.15) is 0 Å². The van der Waals surface area contributed by atoms with Gasteiger partial charge in [0, 0.05) is 6.42 Å². The largest absolute Gasteiger partial charge is 0.467 e. The van der Waals surface area contributed by atoms with E-state index in [1.807, 2.05) is 39.0 Å². The van der Waals surface area contributed by atoms with Crippen molar-refractivity contribution in [1.82, 2.24) is 26.6 Å². The van der Waals surface area contributed by atoms with Crippen LogP contribution in [-0.2, 0) is 44.8 Å². The number of methoxy groups -OCH3 is 1. The summed E-state index contributed by atoms with van der Waals surface area (Å²) in [4.78, 5) is 90.6. The van der Waals surface area contributed by atoms with Crippen molar-refractivity contribution in [2.24, 2.45) is 17.8 Å². The number of hydrogen-bond donors (Lipinski definition) is 5. The first-order valence-corrected chi connectivity index (χ1v) is 17.3. The zero-order chi connectivity index (χ0) is 38.0. The summed E-state index contributed by atoms with van der Waals surface area (Å²) < 4.78 is 10.1. The number of Topliss-reactive ketones (excluding diaryl/α,β-unsaturated/α-hetero) is 1. The molecule has 0 aliphatic carbocycles. The molecule has 1 rings (SSSR count). The SMILES string of the molecule is CC[C@H](NC(=O)C(CCC(C)=O)NC(=O)[C@H](CC(C)C)NC(=O)[C@@H](NC(=O)OCc1ccccc1)C(C)C)C(=O)N[C@H](C(=O)OC)[C@@H](C)CC. The molecule has 0 aliphatic heterocycles. The smallest absolute Gasteiger partial charge is 0.408 e. The van der Waals surface area contributed by atoms with Gasteiger partial charge in [0.15, 0.2) is 0 Å². The summed E-state index contributed by atoms with van der Waals surface area (Å²) in [6.07, 6.45) is 0.0580. The molecule has 280 valence electrons. The lowest BCUT2D eigenvalue weighted by Gasteiger charge is -2.28. The van der Waals surface area contributed by atoms with Crippen LogP contribution in [-0.4, -0.2) is 78.8 Å². The van der Waals surface area contributed by atoms with Gasteiger partial charge >= 0.3 is 12.1 Å². The van der Waals surface area contributed by atoms with E-state index in [4.69, 9.17) is 9.47 Å². The van der Waals surface area contributed by atoms with Gasteiger partial charge in [-0.3, -0.25) is 19.2 Å². The number of carbonyl (C=O) groups is 7. The maximum Gasteiger partial charge on any atom is 0.408 e. The average Bonchev–Trinajstić information content (AvgIpc) is 3.07. The summed E-state index contributed by atoms with van der Waals surface area (Å²) in [6, 6.07) is 3.71. The quantitative estimate of drug-likeness (QED) is 0.120. The van der Waals surface area contributed by atoms with Crippen LogP contribution in [0.1, 0.15) is 93.1 Å². The van der Waals surface area contributed by atoms with Gasteiger partial charge in [-0.25, -0.2) is 9.59 Å². The first-order chi connectivity index (χ1) is 23.5. The second-order valence-electron chi connectivity index (χ2n) is 13.3. The Balaban J connectivity index is 3.12. The Morgan fingerprint density at radius 1 is 0.680 bits per heavy atom. The van der Waals surface area contributed by atoms with Crippen LogP contribution in [0.4, 0.5) is 4.79 Å². The molecule has 0 radical (unpaired) electrons. The Hall–Kier alpha value is -4.49. The van der Waals surface area contributed by atoms with E-state index in [1.54, 1.807) is 39.8 Å². The lowest BCUT2D eigenvalue weighted by Crippen LogP contribution is -2.59. The van der Waals surface area contributed by atoms with Crippen LogP contribution in [0, 0.1) is 17.8 Å². The second-order valence-corrected chi connectivity index (χ2v) is 13.3. The highest BCUT2D eigenvalue weighted by atomic mass is 16.5. The maximum atomic E-state index is 13.7. The molecule has 0 spiro atoms. The molecular weight excluding hydrogens is 646 g/mol. The molecule has 5 amide bonds. The van der Waals surface area contributed by atoms with E-state index in [1.165, 1.54) is 14.0 Å². The van der Waals surface area contributed by atoms with Crippen LogP contribution >= 0.6 is 0 Å². The number of carbonyl (C=O) groups excluding carboxylic acids is 7. The summed E-state index contributed by atoms with van der Waals surface area (Å²) in [7, 11) is 1.22. The van der Waals surface area contributed by atoms with E-state index >= 15 is 0 Å². The Kier molecular flexibility index (Phi) is 19.4. The predicted molar refractivity (Wildman–Crippen MR) is 187 cm³/mol. The van der Waals surface area contributed by atoms with Gasteiger partial charge in [0.05, 0.1) is 7.11 Å². The van der Waals surface area contributed by atoms with E-state index in [2.05, 4.69) is 26.6 Å². The number of esters is 1. The number of ether oxygens (including phenoxy) is 2. The minimum atomic E-state index is -1.22. The average molecular weight is 704 g/mol. The molecule has 0 aromatic heterocycles. The number of hydrogen-bond acceptors (Lipinski definition) is 9. The summed E-state index contributed by atoms with van der Waals surface area (Å²) in [5, 5.41) is 13.2. The third-order valence-electron chi connectivity index (χ3n) is 8.20. The lowest BCUT2D eigenvalue weighted by atomic mass is 9.98. The molecule has 0 aliphatic rings. The van der Waals surface area contributed by atoms with Crippen molar-refractivity contribution < 1.29 is 43.0 Å². The Bertz CT molecular complexity index is 1290. The number of nitrogens with one attached hydrogen (secondary N) is 5. The summed E-state index contributed by atoms with van der Waals surface area (Å²) in [6.45, 7) is 13.9. The van der Waals surface area contributed by atoms with Crippen molar-refractivity contribution in [3.8, 4) is 0 Å². The van der Waals surface area contributed by atoms with Crippen LogP contribution in [0.5, 0.6) is 0 Å². The molecule has 0 saturated heterocycles. The van der Waals surface area contributed by atoms with Gasteiger partial charge in [0.1, 0.15) is 42.6 Å². The maximum absolute atomic E-state index is 13.7. The molecule has 0 saturated carbocycles. The Morgan fingerprint density at radius 2 is 1.24 bits per heavy atom. The molecule has 0 bridgehead atoms. The molecular formula is C36H57N5O9. The molecule has 1 aromatic rings. The van der Waals surface area contributed by atoms with Crippen molar-refractivity contribution in [1.29, 1.82) is 0 Å². The number of benzene rings is 1. The molecule has 14 heteroatoms. The fourth-order valence-corrected chi connectivity index (χ4v) is 4.96. The minimum Gasteiger partial charge on any atom is -0.467 e. The van der Waals surface area contributed by atoms with E-state index in [9.17, 15) is 33.6 Å². The molecule has 1 unspecified atom stereocenters. The monoisotopic (exact) mass is 703 g/mol. The summed E-state index contributed by atoms with van der Waals surface area (Å²) in [5.74, 6) is -4.10. The van der Waals surface area contributed by atoms with Crippen LogP contribution in [0.2, 0.25) is 0 Å². The van der Waals surface area contributed by atoms with E-state index in [0.717, 1.165) is 5.56 Å². The van der Waals surface area contributed by atoms with Crippen LogP contribution in [0.3, 0.4) is 0 Å². The topological polar surface area (TPSA) is 198 Å². The van der Waals surface area contributed by atoms with Gasteiger partial charge in [-0.15, -0.1) is 0 Å². The zero-order valence-corrected chi connectivity index (χ0v) is 30.9. The van der Waals surface area contributed by atoms with Crippen molar-refractivity contribution in [3.63, 3.8) is 0 Å². The van der Waals surface area contributed by atoms with Gasteiger partial charge in [0.2, 0.25) is 23.6 Å². The number of amides is 5. The molecule has 6 atom stereocenters. The summed E-state index contributed by atoms with van der Waals surface area (Å²) >= 11 is 0. The third kappa shape index (κ3) is 15.4. The zero-order valence-electron chi connectivity index (χ0n) is 30.9. The fourth-order valence-electron chi connectivity index (χ4n) is 4.96. The number of rotatable bonds is 21. The standard InChI is InChI=1S/C36H57N5O9/c1-10-23(7)30(35(47)49-9)40-31(43)26(11-2)37-32(44)27(18-17-24(8)42)38-33(45)28(19-21(3)4)39-34(46)29(22(5)6)41-36(48)50-20-25-15-13-12-14-16-25/h12-16,21-23,26-30H,10-11,17-20H2,1-9H3,(H,37,44)(H,38,45)(H,39,46)(H,40,43)(H,41,48)/t23-,26-,27?,28-,29-,30-/m0/s1. The summed E-state index contributed by atoms with van der Waals surface area (Å²) in [5.41, 5.74) is 0.771. The predicted octanol–water partition coefficient (Wildman–Crippen LogP) is 2.92. The Morgan fingerprint density at radius 3 is 1.76 bits per heavy atom. The normalized spacial score (nSPS) is 14.6.